The molecule has 3 heteroatoms. The maximum atomic E-state index is 6.29. The molecule has 1 N–H and O–H groups in total. The fourth-order valence-corrected chi connectivity index (χ4v) is 2.62. The summed E-state index contributed by atoms with van der Waals surface area (Å²) in [6.45, 7) is 7.72. The van der Waals surface area contributed by atoms with Gasteiger partial charge in [0.05, 0.1) is 10.7 Å². The van der Waals surface area contributed by atoms with Crippen molar-refractivity contribution in [1.29, 1.82) is 0 Å². The molecule has 17 heavy (non-hydrogen) atoms. The first-order chi connectivity index (χ1) is 8.14. The lowest BCUT2D eigenvalue weighted by molar-refractivity contribution is 0.366. The van der Waals surface area contributed by atoms with Crippen molar-refractivity contribution in [3.8, 4) is 0 Å². The van der Waals surface area contributed by atoms with Gasteiger partial charge in [-0.05, 0) is 38.4 Å². The zero-order valence-electron chi connectivity index (χ0n) is 10.7. The monoisotopic (exact) mass is 252 g/mol. The minimum absolute atomic E-state index is 0.190. The molecule has 0 aliphatic carbocycles. The molecule has 1 saturated heterocycles. The summed E-state index contributed by atoms with van der Waals surface area (Å²) in [5.74, 6) is 0. The Morgan fingerprint density at radius 3 is 2.88 bits per heavy atom. The smallest absolute Gasteiger partial charge is 0.0639 e. The van der Waals surface area contributed by atoms with Gasteiger partial charge in [0.15, 0.2) is 0 Å². The van der Waals surface area contributed by atoms with Crippen LogP contribution in [0.15, 0.2) is 24.3 Å². The molecule has 0 aromatic heterocycles. The molecule has 1 aromatic carbocycles. The van der Waals surface area contributed by atoms with Crippen LogP contribution in [0.3, 0.4) is 0 Å². The molecule has 2 rings (SSSR count). The van der Waals surface area contributed by atoms with Crippen molar-refractivity contribution in [2.75, 3.05) is 24.5 Å². The van der Waals surface area contributed by atoms with Crippen molar-refractivity contribution < 1.29 is 0 Å². The van der Waals surface area contributed by atoms with E-state index in [-0.39, 0.29) is 5.54 Å². The quantitative estimate of drug-likeness (QED) is 0.869. The Hall–Kier alpha value is -0.730. The van der Waals surface area contributed by atoms with E-state index in [1.165, 1.54) is 6.42 Å². The third-order valence-electron chi connectivity index (χ3n) is 3.67. The van der Waals surface area contributed by atoms with Crippen LogP contribution < -0.4 is 10.2 Å². The van der Waals surface area contributed by atoms with Gasteiger partial charge in [-0.15, -0.1) is 0 Å². The zero-order valence-corrected chi connectivity index (χ0v) is 11.4. The number of anilines is 1. The third kappa shape index (κ3) is 2.93. The SMILES string of the molecule is CCC1(C)CN(c2ccccc2Cl)CCCN1. The summed E-state index contributed by atoms with van der Waals surface area (Å²) in [7, 11) is 0. The van der Waals surface area contributed by atoms with Gasteiger partial charge in [-0.25, -0.2) is 0 Å². The van der Waals surface area contributed by atoms with Crippen molar-refractivity contribution in [3.63, 3.8) is 0 Å². The van der Waals surface area contributed by atoms with Gasteiger partial charge in [0.2, 0.25) is 0 Å². The molecule has 1 heterocycles. The van der Waals surface area contributed by atoms with Crippen molar-refractivity contribution >= 4 is 17.3 Å². The lowest BCUT2D eigenvalue weighted by Gasteiger charge is -2.34. The Bertz CT molecular complexity index is 380. The molecule has 1 unspecified atom stereocenters. The predicted octanol–water partition coefficient (Wildman–Crippen LogP) is 3.31. The van der Waals surface area contributed by atoms with Crippen molar-refractivity contribution in [2.45, 2.75) is 32.2 Å². The average molecular weight is 253 g/mol. The van der Waals surface area contributed by atoms with Gasteiger partial charge in [-0.1, -0.05) is 30.7 Å². The largest absolute Gasteiger partial charge is 0.368 e. The number of para-hydroxylation sites is 1. The van der Waals surface area contributed by atoms with Gasteiger partial charge >= 0.3 is 0 Å². The highest BCUT2D eigenvalue weighted by Gasteiger charge is 2.27. The number of hydrogen-bond donors (Lipinski definition) is 1. The Balaban J connectivity index is 2.23. The van der Waals surface area contributed by atoms with Crippen LogP contribution in [0.4, 0.5) is 5.69 Å². The molecule has 1 atom stereocenters. The number of nitrogens with zero attached hydrogens (tertiary/aromatic N) is 1. The van der Waals surface area contributed by atoms with E-state index in [9.17, 15) is 0 Å². The number of nitrogens with one attached hydrogen (secondary N) is 1. The fraction of sp³-hybridized carbons (Fsp3) is 0.571. The van der Waals surface area contributed by atoms with E-state index in [4.69, 9.17) is 11.6 Å². The number of hydrogen-bond acceptors (Lipinski definition) is 2. The van der Waals surface area contributed by atoms with Crippen LogP contribution >= 0.6 is 11.6 Å². The highest BCUT2D eigenvalue weighted by Crippen LogP contribution is 2.28. The Morgan fingerprint density at radius 2 is 2.18 bits per heavy atom. The van der Waals surface area contributed by atoms with Crippen LogP contribution in [0.5, 0.6) is 0 Å². The highest BCUT2D eigenvalue weighted by molar-refractivity contribution is 6.33. The minimum Gasteiger partial charge on any atom is -0.368 e. The van der Waals surface area contributed by atoms with Crippen molar-refractivity contribution in [1.82, 2.24) is 5.32 Å². The van der Waals surface area contributed by atoms with Gasteiger partial charge < -0.3 is 10.2 Å². The number of rotatable bonds is 2. The predicted molar refractivity (Wildman–Crippen MR) is 75.0 cm³/mol. The second kappa shape index (κ2) is 5.28. The van der Waals surface area contributed by atoms with Crippen molar-refractivity contribution in [2.24, 2.45) is 0 Å². The van der Waals surface area contributed by atoms with Crippen LogP contribution in [0, 0.1) is 0 Å². The standard InChI is InChI=1S/C14H21ClN2/c1-3-14(2)11-17(10-6-9-16-14)13-8-5-4-7-12(13)15/h4-5,7-8,16H,3,6,9-11H2,1-2H3. The molecular weight excluding hydrogens is 232 g/mol. The first-order valence-electron chi connectivity index (χ1n) is 6.39. The molecule has 0 saturated carbocycles. The summed E-state index contributed by atoms with van der Waals surface area (Å²) in [5, 5.41) is 4.50. The maximum absolute atomic E-state index is 6.29. The van der Waals surface area contributed by atoms with Gasteiger partial charge in [0.1, 0.15) is 0 Å². The zero-order chi connectivity index (χ0) is 12.3. The van der Waals surface area contributed by atoms with Crippen LogP contribution in [-0.2, 0) is 0 Å². The first kappa shape index (κ1) is 12.7. The Labute approximate surface area is 109 Å². The molecule has 0 spiro atoms. The summed E-state index contributed by atoms with van der Waals surface area (Å²) in [4.78, 5) is 2.41. The molecule has 0 amide bonds. The van der Waals surface area contributed by atoms with Crippen molar-refractivity contribution in [3.05, 3.63) is 29.3 Å². The minimum atomic E-state index is 0.190. The lowest BCUT2D eigenvalue weighted by Crippen LogP contribution is -2.48. The van der Waals surface area contributed by atoms with E-state index in [2.05, 4.69) is 36.2 Å². The topological polar surface area (TPSA) is 15.3 Å². The fourth-order valence-electron chi connectivity index (χ4n) is 2.37. The molecule has 2 nitrogen and oxygen atoms in total. The van der Waals surface area contributed by atoms with Crippen LogP contribution in [-0.4, -0.2) is 25.2 Å². The van der Waals surface area contributed by atoms with Gasteiger partial charge in [-0.2, -0.15) is 0 Å². The summed E-state index contributed by atoms with van der Waals surface area (Å²) in [5.41, 5.74) is 1.35. The average Bonchev–Trinajstić information content (AvgIpc) is 2.53. The first-order valence-corrected chi connectivity index (χ1v) is 6.77. The van der Waals surface area contributed by atoms with E-state index in [1.54, 1.807) is 0 Å². The molecule has 0 radical (unpaired) electrons. The summed E-state index contributed by atoms with van der Waals surface area (Å²) in [6.07, 6.45) is 2.30. The van der Waals surface area contributed by atoms with E-state index in [0.29, 0.717) is 0 Å². The molecule has 94 valence electrons. The molecule has 0 bridgehead atoms. The summed E-state index contributed by atoms with van der Waals surface area (Å²) in [6, 6.07) is 8.13. The van der Waals surface area contributed by atoms with Gasteiger partial charge in [-0.3, -0.25) is 0 Å². The van der Waals surface area contributed by atoms with Crippen LogP contribution in [0.25, 0.3) is 0 Å². The number of benzene rings is 1. The highest BCUT2D eigenvalue weighted by atomic mass is 35.5. The molecule has 1 aliphatic heterocycles. The number of halogens is 1. The normalized spacial score (nSPS) is 25.7. The van der Waals surface area contributed by atoms with E-state index in [0.717, 1.165) is 36.8 Å². The van der Waals surface area contributed by atoms with Gasteiger partial charge in [0, 0.05) is 18.6 Å². The molecule has 1 aromatic rings. The van der Waals surface area contributed by atoms with Gasteiger partial charge in [0.25, 0.3) is 0 Å². The van der Waals surface area contributed by atoms with Crippen LogP contribution in [0.1, 0.15) is 26.7 Å². The lowest BCUT2D eigenvalue weighted by atomic mass is 9.98. The second-order valence-electron chi connectivity index (χ2n) is 5.07. The third-order valence-corrected chi connectivity index (χ3v) is 3.99. The van der Waals surface area contributed by atoms with Crippen LogP contribution in [0.2, 0.25) is 5.02 Å². The second-order valence-corrected chi connectivity index (χ2v) is 5.47. The molecular formula is C14H21ClN2. The maximum Gasteiger partial charge on any atom is 0.0639 e. The summed E-state index contributed by atoms with van der Waals surface area (Å²) < 4.78 is 0. The molecule has 1 fully saturated rings. The van der Waals surface area contributed by atoms with E-state index in [1.807, 2.05) is 12.1 Å². The van der Waals surface area contributed by atoms with E-state index < -0.39 is 0 Å². The molecule has 1 aliphatic rings. The van der Waals surface area contributed by atoms with E-state index >= 15 is 0 Å². The Kier molecular flexibility index (Phi) is 3.95. The summed E-state index contributed by atoms with van der Waals surface area (Å²) >= 11 is 6.29. The Morgan fingerprint density at radius 1 is 1.41 bits per heavy atom.